The van der Waals surface area contributed by atoms with Crippen LogP contribution in [0.1, 0.15) is 19.4 Å². The summed E-state index contributed by atoms with van der Waals surface area (Å²) >= 11 is 0. The van der Waals surface area contributed by atoms with Crippen molar-refractivity contribution in [3.8, 4) is 23.1 Å². The monoisotopic (exact) mass is 286 g/mol. The molecule has 0 bridgehead atoms. The van der Waals surface area contributed by atoms with Crippen LogP contribution < -0.4 is 14.8 Å². The van der Waals surface area contributed by atoms with Gasteiger partial charge in [0.15, 0.2) is 5.82 Å². The molecule has 0 unspecified atom stereocenters. The lowest BCUT2D eigenvalue weighted by Crippen LogP contribution is -2.11. The fraction of sp³-hybridized carbons (Fsp3) is 0.400. The molecule has 110 valence electrons. The lowest BCUT2D eigenvalue weighted by atomic mass is 10.1. The molecular formula is C15H18N4O2. The van der Waals surface area contributed by atoms with Crippen LogP contribution in [0.25, 0.3) is 11.4 Å². The molecule has 0 amide bonds. The molecule has 0 aliphatic carbocycles. The van der Waals surface area contributed by atoms with E-state index in [1.165, 1.54) is 5.56 Å². The maximum atomic E-state index is 5.58. The quantitative estimate of drug-likeness (QED) is 0.930. The third-order valence-corrected chi connectivity index (χ3v) is 3.13. The highest BCUT2D eigenvalue weighted by Crippen LogP contribution is 2.29. The second kappa shape index (κ2) is 5.55. The number of ether oxygens (including phenoxy) is 2. The summed E-state index contributed by atoms with van der Waals surface area (Å²) in [6.45, 7) is 4.62. The van der Waals surface area contributed by atoms with E-state index in [1.807, 2.05) is 26.0 Å². The Bertz CT molecular complexity index is 658. The first-order valence-electron chi connectivity index (χ1n) is 7.02. The molecule has 2 heterocycles. The fourth-order valence-electron chi connectivity index (χ4n) is 2.19. The van der Waals surface area contributed by atoms with Crippen molar-refractivity contribution >= 4 is 5.95 Å². The Hall–Kier alpha value is -2.37. The molecule has 0 saturated heterocycles. The van der Waals surface area contributed by atoms with Gasteiger partial charge in [-0.3, -0.25) is 0 Å². The Morgan fingerprint density at radius 1 is 1.24 bits per heavy atom. The van der Waals surface area contributed by atoms with Gasteiger partial charge in [0.1, 0.15) is 5.75 Å². The number of hydrogen-bond acceptors (Lipinski definition) is 6. The Balaban J connectivity index is 2.00. The van der Waals surface area contributed by atoms with Crippen molar-refractivity contribution in [2.45, 2.75) is 26.4 Å². The number of hydrogen-bond donors (Lipinski definition) is 1. The molecule has 0 spiro atoms. The van der Waals surface area contributed by atoms with E-state index in [1.54, 1.807) is 7.05 Å². The number of rotatable bonds is 4. The molecule has 2 aromatic rings. The summed E-state index contributed by atoms with van der Waals surface area (Å²) in [5.41, 5.74) is 2.12. The largest absolute Gasteiger partial charge is 0.493 e. The fourth-order valence-corrected chi connectivity index (χ4v) is 2.19. The highest BCUT2D eigenvalue weighted by molar-refractivity contribution is 5.60. The van der Waals surface area contributed by atoms with Crippen LogP contribution in [-0.4, -0.2) is 34.7 Å². The summed E-state index contributed by atoms with van der Waals surface area (Å²) < 4.78 is 11.1. The van der Waals surface area contributed by atoms with Gasteiger partial charge in [-0.15, -0.1) is 0 Å². The summed E-state index contributed by atoms with van der Waals surface area (Å²) in [4.78, 5) is 13.0. The van der Waals surface area contributed by atoms with E-state index in [2.05, 4.69) is 26.3 Å². The Morgan fingerprint density at radius 2 is 2.10 bits per heavy atom. The summed E-state index contributed by atoms with van der Waals surface area (Å²) in [5.74, 6) is 2.03. The first-order valence-corrected chi connectivity index (χ1v) is 7.02. The topological polar surface area (TPSA) is 69.2 Å². The van der Waals surface area contributed by atoms with Gasteiger partial charge in [-0.25, -0.2) is 0 Å². The van der Waals surface area contributed by atoms with Crippen LogP contribution in [0.4, 0.5) is 5.95 Å². The number of nitrogens with one attached hydrogen (secondary N) is 1. The van der Waals surface area contributed by atoms with E-state index in [0.717, 1.165) is 24.3 Å². The van der Waals surface area contributed by atoms with Gasteiger partial charge in [0.2, 0.25) is 5.95 Å². The predicted molar refractivity (Wildman–Crippen MR) is 79.8 cm³/mol. The van der Waals surface area contributed by atoms with E-state index in [9.17, 15) is 0 Å². The van der Waals surface area contributed by atoms with Crippen LogP contribution >= 0.6 is 0 Å². The van der Waals surface area contributed by atoms with Crippen molar-refractivity contribution in [2.75, 3.05) is 19.0 Å². The van der Waals surface area contributed by atoms with Gasteiger partial charge in [0.25, 0.3) is 0 Å². The second-order valence-corrected chi connectivity index (χ2v) is 5.10. The molecule has 6 nitrogen and oxygen atoms in total. The van der Waals surface area contributed by atoms with Crippen LogP contribution in [0.3, 0.4) is 0 Å². The average Bonchev–Trinajstić information content (AvgIpc) is 2.93. The van der Waals surface area contributed by atoms with Crippen molar-refractivity contribution in [1.82, 2.24) is 15.0 Å². The molecule has 6 heteroatoms. The van der Waals surface area contributed by atoms with Crippen LogP contribution in [-0.2, 0) is 6.42 Å². The lowest BCUT2D eigenvalue weighted by Gasteiger charge is -2.10. The van der Waals surface area contributed by atoms with Crippen LogP contribution in [0, 0.1) is 0 Å². The van der Waals surface area contributed by atoms with Gasteiger partial charge in [0, 0.05) is 19.0 Å². The zero-order valence-corrected chi connectivity index (χ0v) is 12.4. The Morgan fingerprint density at radius 3 is 2.86 bits per heavy atom. The Kier molecular flexibility index (Phi) is 3.60. The third kappa shape index (κ3) is 2.89. The first-order chi connectivity index (χ1) is 10.2. The molecule has 0 radical (unpaired) electrons. The molecule has 1 N–H and O–H groups in total. The van der Waals surface area contributed by atoms with Gasteiger partial charge in [-0.2, -0.15) is 15.0 Å². The lowest BCUT2D eigenvalue weighted by molar-refractivity contribution is 0.222. The van der Waals surface area contributed by atoms with Gasteiger partial charge in [-0.05, 0) is 37.6 Å². The summed E-state index contributed by atoms with van der Waals surface area (Å²) in [5, 5.41) is 2.94. The Labute approximate surface area is 123 Å². The minimum Gasteiger partial charge on any atom is -0.493 e. The third-order valence-electron chi connectivity index (χ3n) is 3.13. The van der Waals surface area contributed by atoms with Crippen molar-refractivity contribution in [3.05, 3.63) is 23.8 Å². The van der Waals surface area contributed by atoms with Crippen molar-refractivity contribution in [3.63, 3.8) is 0 Å². The molecule has 1 aromatic heterocycles. The number of aromatic nitrogens is 3. The van der Waals surface area contributed by atoms with Crippen LogP contribution in [0.5, 0.6) is 11.8 Å². The number of nitrogens with zero attached hydrogens (tertiary/aromatic N) is 3. The molecule has 0 saturated carbocycles. The molecule has 0 fully saturated rings. The van der Waals surface area contributed by atoms with Gasteiger partial charge >= 0.3 is 6.01 Å². The normalized spacial score (nSPS) is 13.0. The van der Waals surface area contributed by atoms with Gasteiger partial charge in [0.05, 0.1) is 12.7 Å². The number of anilines is 1. The first kappa shape index (κ1) is 13.6. The molecule has 1 aliphatic rings. The molecule has 21 heavy (non-hydrogen) atoms. The van der Waals surface area contributed by atoms with Crippen LogP contribution in [0.15, 0.2) is 18.2 Å². The minimum absolute atomic E-state index is 0.0124. The summed E-state index contributed by atoms with van der Waals surface area (Å²) in [7, 11) is 1.77. The molecule has 1 aliphatic heterocycles. The van der Waals surface area contributed by atoms with E-state index in [-0.39, 0.29) is 6.10 Å². The molecule has 1 aromatic carbocycles. The standard InChI is InChI=1S/C15H18N4O2/c1-9(2)21-15-18-13(17-14(16-3)19-15)11-4-5-12-10(8-11)6-7-20-12/h4-5,8-9H,6-7H2,1-3H3,(H,16,17,18,19). The van der Waals surface area contributed by atoms with Crippen molar-refractivity contribution in [2.24, 2.45) is 0 Å². The van der Waals surface area contributed by atoms with Gasteiger partial charge in [-0.1, -0.05) is 0 Å². The average molecular weight is 286 g/mol. The SMILES string of the molecule is CNc1nc(OC(C)C)nc(-c2ccc3c(c2)CCO3)n1. The highest BCUT2D eigenvalue weighted by atomic mass is 16.5. The summed E-state index contributed by atoms with van der Waals surface area (Å²) in [6, 6.07) is 6.31. The molecular weight excluding hydrogens is 268 g/mol. The minimum atomic E-state index is 0.0124. The van der Waals surface area contributed by atoms with E-state index in [0.29, 0.717) is 17.8 Å². The highest BCUT2D eigenvalue weighted by Gasteiger charge is 2.15. The molecule has 0 atom stereocenters. The van der Waals surface area contributed by atoms with E-state index in [4.69, 9.17) is 9.47 Å². The maximum Gasteiger partial charge on any atom is 0.322 e. The zero-order chi connectivity index (χ0) is 14.8. The smallest absolute Gasteiger partial charge is 0.322 e. The maximum absolute atomic E-state index is 5.58. The number of fused-ring (bicyclic) bond motifs is 1. The summed E-state index contributed by atoms with van der Waals surface area (Å²) in [6.07, 6.45) is 0.932. The van der Waals surface area contributed by atoms with Crippen molar-refractivity contribution < 1.29 is 9.47 Å². The van der Waals surface area contributed by atoms with Crippen LogP contribution in [0.2, 0.25) is 0 Å². The second-order valence-electron chi connectivity index (χ2n) is 5.10. The van der Waals surface area contributed by atoms with Gasteiger partial charge < -0.3 is 14.8 Å². The van der Waals surface area contributed by atoms with Crippen molar-refractivity contribution in [1.29, 1.82) is 0 Å². The molecule has 3 rings (SSSR count). The van der Waals surface area contributed by atoms with E-state index < -0.39 is 0 Å². The predicted octanol–water partition coefficient (Wildman–Crippen LogP) is 2.30. The zero-order valence-electron chi connectivity index (χ0n) is 12.4. The van der Waals surface area contributed by atoms with E-state index >= 15 is 0 Å². The number of benzene rings is 1.